The minimum Gasteiger partial charge on any atom is -0.495 e. The number of fused-ring (bicyclic) bond motifs is 1. The molecule has 0 amide bonds. The number of ether oxygens (including phenoxy) is 1. The third-order valence-corrected chi connectivity index (χ3v) is 2.27. The predicted octanol–water partition coefficient (Wildman–Crippen LogP) is 2.20. The molecule has 0 saturated carbocycles. The molecule has 0 atom stereocenters. The topological polar surface area (TPSA) is 56.8 Å². The molecule has 0 bridgehead atoms. The van der Waals surface area contributed by atoms with Gasteiger partial charge in [-0.25, -0.2) is 0 Å². The first-order valence-electron chi connectivity index (χ1n) is 4.67. The number of hydrogen-bond donors (Lipinski definition) is 0. The molecule has 0 aliphatic carbocycles. The zero-order chi connectivity index (χ0) is 11.5. The molecule has 0 fully saturated rings. The van der Waals surface area contributed by atoms with Crippen molar-refractivity contribution in [3.05, 3.63) is 52.5 Å². The van der Waals surface area contributed by atoms with Crippen LogP contribution in [0.3, 0.4) is 0 Å². The van der Waals surface area contributed by atoms with Gasteiger partial charge in [-0.2, -0.15) is 0 Å². The molecule has 2 aromatic heterocycles. The highest BCUT2D eigenvalue weighted by Gasteiger charge is 2.01. The molecule has 0 saturated heterocycles. The average molecular weight is 218 g/mol. The fraction of sp³-hybridized carbons (Fsp3) is 0.0909. The van der Waals surface area contributed by atoms with Gasteiger partial charge in [-0.1, -0.05) is 0 Å². The summed E-state index contributed by atoms with van der Waals surface area (Å²) in [5, 5.41) is 10.2. The van der Waals surface area contributed by atoms with Gasteiger partial charge in [0.25, 0.3) is 0 Å². The number of nitro groups is 1. The standard InChI is InChI=1S/C11H10N2O3/c1-16-10-2-3-11-9(5-7-13(14)15)4-6-12(11)8-10/h2-8H,1H3/b7-5+. The maximum Gasteiger partial charge on any atom is 0.235 e. The lowest BCUT2D eigenvalue weighted by Crippen LogP contribution is -1.87. The molecule has 82 valence electrons. The normalized spacial score (nSPS) is 11.1. The van der Waals surface area contributed by atoms with E-state index in [-0.39, 0.29) is 0 Å². The van der Waals surface area contributed by atoms with Crippen molar-refractivity contribution in [3.63, 3.8) is 0 Å². The number of aromatic nitrogens is 1. The summed E-state index contributed by atoms with van der Waals surface area (Å²) in [5.41, 5.74) is 1.71. The second kappa shape index (κ2) is 4.06. The Bertz CT molecular complexity index is 557. The monoisotopic (exact) mass is 218 g/mol. The summed E-state index contributed by atoms with van der Waals surface area (Å²) in [5.74, 6) is 0.743. The minimum absolute atomic E-state index is 0.479. The van der Waals surface area contributed by atoms with Gasteiger partial charge in [-0.05, 0) is 18.2 Å². The molecule has 5 nitrogen and oxygen atoms in total. The van der Waals surface area contributed by atoms with Crippen molar-refractivity contribution in [1.29, 1.82) is 0 Å². The van der Waals surface area contributed by atoms with E-state index in [2.05, 4.69) is 0 Å². The quantitative estimate of drug-likeness (QED) is 0.586. The van der Waals surface area contributed by atoms with Crippen molar-refractivity contribution in [2.45, 2.75) is 0 Å². The van der Waals surface area contributed by atoms with E-state index in [1.165, 1.54) is 6.08 Å². The zero-order valence-corrected chi connectivity index (χ0v) is 8.66. The van der Waals surface area contributed by atoms with Crippen LogP contribution in [0.25, 0.3) is 11.6 Å². The Balaban J connectivity index is 2.45. The van der Waals surface area contributed by atoms with Gasteiger partial charge in [0.15, 0.2) is 0 Å². The van der Waals surface area contributed by atoms with Crippen molar-refractivity contribution in [2.75, 3.05) is 7.11 Å². The molecule has 0 spiro atoms. The summed E-state index contributed by atoms with van der Waals surface area (Å²) in [7, 11) is 1.60. The van der Waals surface area contributed by atoms with Crippen LogP contribution in [0.2, 0.25) is 0 Å². The summed E-state index contributed by atoms with van der Waals surface area (Å²) in [6, 6.07) is 5.49. The first-order chi connectivity index (χ1) is 7.70. The molecule has 0 aliphatic heterocycles. The molecular formula is C11H10N2O3. The lowest BCUT2D eigenvalue weighted by atomic mass is 10.2. The van der Waals surface area contributed by atoms with Crippen LogP contribution in [-0.2, 0) is 0 Å². The first-order valence-corrected chi connectivity index (χ1v) is 4.67. The van der Waals surface area contributed by atoms with E-state index in [0.717, 1.165) is 23.0 Å². The van der Waals surface area contributed by atoms with Gasteiger partial charge < -0.3 is 9.14 Å². The van der Waals surface area contributed by atoms with Gasteiger partial charge in [0, 0.05) is 17.8 Å². The molecule has 0 radical (unpaired) electrons. The number of rotatable bonds is 3. The van der Waals surface area contributed by atoms with Crippen LogP contribution in [0.15, 0.2) is 36.8 Å². The third-order valence-electron chi connectivity index (χ3n) is 2.27. The number of methoxy groups -OCH3 is 1. The minimum atomic E-state index is -0.479. The van der Waals surface area contributed by atoms with Crippen molar-refractivity contribution in [1.82, 2.24) is 4.40 Å². The van der Waals surface area contributed by atoms with E-state index in [1.54, 1.807) is 7.11 Å². The van der Waals surface area contributed by atoms with Crippen LogP contribution in [0.1, 0.15) is 5.56 Å². The highest BCUT2D eigenvalue weighted by molar-refractivity contribution is 5.70. The second-order valence-electron chi connectivity index (χ2n) is 3.23. The first kappa shape index (κ1) is 10.2. The van der Waals surface area contributed by atoms with E-state index < -0.39 is 4.92 Å². The van der Waals surface area contributed by atoms with E-state index in [1.807, 2.05) is 35.0 Å². The summed E-state index contributed by atoms with van der Waals surface area (Å²) in [6.45, 7) is 0. The highest BCUT2D eigenvalue weighted by Crippen LogP contribution is 2.18. The zero-order valence-electron chi connectivity index (χ0n) is 8.66. The van der Waals surface area contributed by atoms with Gasteiger partial charge >= 0.3 is 0 Å². The molecule has 16 heavy (non-hydrogen) atoms. The summed E-state index contributed by atoms with van der Waals surface area (Å²) < 4.78 is 6.94. The van der Waals surface area contributed by atoms with Crippen LogP contribution in [0.5, 0.6) is 5.75 Å². The van der Waals surface area contributed by atoms with Gasteiger partial charge in [0.1, 0.15) is 5.75 Å². The van der Waals surface area contributed by atoms with Crippen molar-refractivity contribution >= 4 is 11.6 Å². The average Bonchev–Trinajstić information content (AvgIpc) is 2.68. The summed E-state index contributed by atoms with van der Waals surface area (Å²) in [4.78, 5) is 9.74. The SMILES string of the molecule is COc1ccc2c(/C=C/[N+](=O)[O-])ccn2c1. The van der Waals surface area contributed by atoms with E-state index >= 15 is 0 Å². The van der Waals surface area contributed by atoms with Gasteiger partial charge in [-0.15, -0.1) is 0 Å². The van der Waals surface area contributed by atoms with Crippen molar-refractivity contribution < 1.29 is 9.66 Å². The molecule has 2 aromatic rings. The van der Waals surface area contributed by atoms with E-state index in [9.17, 15) is 10.1 Å². The fourth-order valence-corrected chi connectivity index (χ4v) is 1.51. The molecular weight excluding hydrogens is 208 g/mol. The lowest BCUT2D eigenvalue weighted by Gasteiger charge is -2.00. The largest absolute Gasteiger partial charge is 0.495 e. The Labute approximate surface area is 91.7 Å². The van der Waals surface area contributed by atoms with Gasteiger partial charge in [0.05, 0.1) is 23.7 Å². The van der Waals surface area contributed by atoms with Crippen LogP contribution in [-0.4, -0.2) is 16.4 Å². The highest BCUT2D eigenvalue weighted by atomic mass is 16.6. The Hall–Kier alpha value is -2.30. The van der Waals surface area contributed by atoms with E-state index in [0.29, 0.717) is 0 Å². The van der Waals surface area contributed by atoms with Crippen LogP contribution >= 0.6 is 0 Å². The third kappa shape index (κ3) is 1.88. The Morgan fingerprint density at radius 2 is 2.25 bits per heavy atom. The lowest BCUT2D eigenvalue weighted by molar-refractivity contribution is -0.400. The van der Waals surface area contributed by atoms with E-state index in [4.69, 9.17) is 4.74 Å². The predicted molar refractivity (Wildman–Crippen MR) is 60.0 cm³/mol. The number of hydrogen-bond acceptors (Lipinski definition) is 3. The fourth-order valence-electron chi connectivity index (χ4n) is 1.51. The summed E-state index contributed by atoms with van der Waals surface area (Å²) >= 11 is 0. The molecule has 2 heterocycles. The molecule has 5 heteroatoms. The molecule has 0 aliphatic rings. The molecule has 0 aromatic carbocycles. The number of nitrogens with zero attached hydrogens (tertiary/aromatic N) is 2. The Morgan fingerprint density at radius 1 is 1.44 bits per heavy atom. The van der Waals surface area contributed by atoms with Gasteiger partial charge in [0.2, 0.25) is 6.20 Å². The second-order valence-corrected chi connectivity index (χ2v) is 3.23. The molecule has 0 N–H and O–H groups in total. The van der Waals surface area contributed by atoms with Crippen LogP contribution < -0.4 is 4.74 Å². The summed E-state index contributed by atoms with van der Waals surface area (Å²) in [6.07, 6.45) is 6.05. The van der Waals surface area contributed by atoms with Crippen LogP contribution in [0.4, 0.5) is 0 Å². The Morgan fingerprint density at radius 3 is 2.94 bits per heavy atom. The van der Waals surface area contributed by atoms with Crippen molar-refractivity contribution in [2.24, 2.45) is 0 Å². The Kier molecular flexibility index (Phi) is 2.59. The van der Waals surface area contributed by atoms with Crippen LogP contribution in [0, 0.1) is 10.1 Å². The maximum absolute atomic E-state index is 10.2. The van der Waals surface area contributed by atoms with Crippen molar-refractivity contribution in [3.8, 4) is 5.75 Å². The number of pyridine rings is 1. The molecule has 2 rings (SSSR count). The molecule has 0 unspecified atom stereocenters. The van der Waals surface area contributed by atoms with Gasteiger partial charge in [-0.3, -0.25) is 10.1 Å². The maximum atomic E-state index is 10.2. The smallest absolute Gasteiger partial charge is 0.235 e.